The van der Waals surface area contributed by atoms with E-state index in [2.05, 4.69) is 0 Å². The molecule has 0 heterocycles. The summed E-state index contributed by atoms with van der Waals surface area (Å²) in [5, 5.41) is 10.2. The topological polar surface area (TPSA) is 116 Å². The summed E-state index contributed by atoms with van der Waals surface area (Å²) in [5.41, 5.74) is 2.84. The molecule has 0 fully saturated rings. The molecule has 0 bridgehead atoms. The monoisotopic (exact) mass is 589 g/mol. The van der Waals surface area contributed by atoms with Gasteiger partial charge in [0.2, 0.25) is 0 Å². The van der Waals surface area contributed by atoms with Crippen molar-refractivity contribution in [2.24, 2.45) is 0 Å². The quantitative estimate of drug-likeness (QED) is 0.250. The lowest BCUT2D eigenvalue weighted by Gasteiger charge is -2.18. The molecule has 0 spiro atoms. The molecule has 1 N–H and O–H groups in total. The number of carbonyl (C=O) groups is 4. The molecule has 9 heteroatoms. The van der Waals surface area contributed by atoms with E-state index in [-0.39, 0.29) is 16.7 Å². The van der Waals surface area contributed by atoms with Gasteiger partial charge in [0.15, 0.2) is 4.93 Å². The number of ether oxygens (including phenoxy) is 2. The van der Waals surface area contributed by atoms with Crippen molar-refractivity contribution in [3.8, 4) is 22.3 Å². The number of benzene rings is 3. The Morgan fingerprint density at radius 3 is 1.69 bits per heavy atom. The number of rotatable bonds is 7. The van der Waals surface area contributed by atoms with Crippen LogP contribution < -0.4 is 21.6 Å². The summed E-state index contributed by atoms with van der Waals surface area (Å²) in [6.07, 6.45) is 0. The molecule has 0 saturated carbocycles. The Morgan fingerprint density at radius 1 is 0.771 bits per heavy atom. The van der Waals surface area contributed by atoms with Gasteiger partial charge in [-0.2, -0.15) is 0 Å². The van der Waals surface area contributed by atoms with Crippen LogP contribution in [0.1, 0.15) is 47.0 Å². The molecule has 3 rings (SSSR count). The maximum atomic E-state index is 12.8. The maximum absolute atomic E-state index is 12.8. The Balaban J connectivity index is 2.32. The molecule has 0 aromatic heterocycles. The summed E-state index contributed by atoms with van der Waals surface area (Å²) in [6.45, 7) is 1.66. The SMILES string of the molecule is COC(=O)c1ccc(-c2cc(C(=O)O[I+]C)c(C)c(-c3ccc(C(=O)OC)cc3)c2C(=O)O)cc1. The Hall–Kier alpha value is -3.73. The number of esters is 2. The summed E-state index contributed by atoms with van der Waals surface area (Å²) in [6, 6.07) is 14.0. The predicted octanol–water partition coefficient (Wildman–Crippen LogP) is 1.39. The highest BCUT2D eigenvalue weighted by Gasteiger charge is 2.28. The van der Waals surface area contributed by atoms with E-state index in [1.807, 2.05) is 0 Å². The lowest BCUT2D eigenvalue weighted by molar-refractivity contribution is -0.851. The normalized spacial score (nSPS) is 10.4. The lowest BCUT2D eigenvalue weighted by atomic mass is 9.85. The van der Waals surface area contributed by atoms with E-state index in [1.165, 1.54) is 44.6 Å². The zero-order valence-electron chi connectivity index (χ0n) is 19.4. The van der Waals surface area contributed by atoms with Gasteiger partial charge < -0.3 is 14.6 Å². The zero-order chi connectivity index (χ0) is 25.7. The number of carboxylic acids is 1. The number of hydrogen-bond donors (Lipinski definition) is 1. The van der Waals surface area contributed by atoms with Crippen LogP contribution in [0.15, 0.2) is 54.6 Å². The standard InChI is InChI=1S/C26H21IO8/c1-14-19(26(32)35-27-2)13-20(15-5-9-17(10-6-15)24(30)33-3)22(23(28)29)21(14)16-7-11-18(12-8-16)25(31)34-4/h5-13H,1-4H3/p+1. The van der Waals surface area contributed by atoms with E-state index in [0.29, 0.717) is 33.4 Å². The van der Waals surface area contributed by atoms with Crippen LogP contribution in [0.25, 0.3) is 22.3 Å². The van der Waals surface area contributed by atoms with Crippen LogP contribution in [-0.2, 0) is 12.5 Å². The van der Waals surface area contributed by atoms with Crippen LogP contribution in [0.3, 0.4) is 0 Å². The third-order valence-corrected chi connectivity index (χ3v) is 6.22. The second-order valence-corrected chi connectivity index (χ2v) is 8.63. The number of halogens is 1. The Morgan fingerprint density at radius 2 is 1.26 bits per heavy atom. The van der Waals surface area contributed by atoms with E-state index < -0.39 is 45.5 Å². The molecule has 8 nitrogen and oxygen atoms in total. The van der Waals surface area contributed by atoms with Gasteiger partial charge in [0.25, 0.3) is 0 Å². The summed E-state index contributed by atoms with van der Waals surface area (Å²) < 4.78 is 14.8. The summed E-state index contributed by atoms with van der Waals surface area (Å²) in [4.78, 5) is 50.8. The molecule has 0 saturated heterocycles. The summed E-state index contributed by atoms with van der Waals surface area (Å²) in [5.74, 6) is -2.80. The van der Waals surface area contributed by atoms with Crippen molar-refractivity contribution < 1.29 is 58.4 Å². The van der Waals surface area contributed by atoms with E-state index in [9.17, 15) is 24.3 Å². The van der Waals surface area contributed by atoms with Crippen molar-refractivity contribution in [1.29, 1.82) is 0 Å². The van der Waals surface area contributed by atoms with Crippen LogP contribution >= 0.6 is 0 Å². The maximum Gasteiger partial charge on any atom is 0.532 e. The molecular formula is C26H22IO8+. The lowest BCUT2D eigenvalue weighted by Crippen LogP contribution is -3.60. The third kappa shape index (κ3) is 5.35. The van der Waals surface area contributed by atoms with Crippen molar-refractivity contribution in [3.63, 3.8) is 0 Å². The third-order valence-electron chi connectivity index (χ3n) is 5.38. The minimum atomic E-state index is -1.20. The van der Waals surface area contributed by atoms with Gasteiger partial charge in [0.1, 0.15) is 0 Å². The fourth-order valence-electron chi connectivity index (χ4n) is 3.71. The zero-order valence-corrected chi connectivity index (χ0v) is 21.5. The molecule has 180 valence electrons. The summed E-state index contributed by atoms with van der Waals surface area (Å²) in [7, 11) is 2.54. The average Bonchev–Trinajstić information content (AvgIpc) is 2.87. The molecule has 0 atom stereocenters. The van der Waals surface area contributed by atoms with Crippen LogP contribution in [0.5, 0.6) is 0 Å². The van der Waals surface area contributed by atoms with E-state index in [4.69, 9.17) is 12.5 Å². The minimum absolute atomic E-state index is 0.0260. The number of methoxy groups -OCH3 is 2. The smallest absolute Gasteiger partial charge is 0.478 e. The molecule has 35 heavy (non-hydrogen) atoms. The second-order valence-electron chi connectivity index (χ2n) is 7.31. The molecule has 0 radical (unpaired) electrons. The first kappa shape index (κ1) is 25.9. The Kier molecular flexibility index (Phi) is 8.23. The van der Waals surface area contributed by atoms with Gasteiger partial charge in [-0.3, -0.25) is 0 Å². The van der Waals surface area contributed by atoms with Crippen molar-refractivity contribution in [2.45, 2.75) is 6.92 Å². The molecule has 0 aliphatic carbocycles. The molecular weight excluding hydrogens is 567 g/mol. The predicted molar refractivity (Wildman–Crippen MR) is 123 cm³/mol. The fourth-order valence-corrected chi connectivity index (χ4v) is 4.35. The van der Waals surface area contributed by atoms with Gasteiger partial charge in [0.05, 0.1) is 36.5 Å². The molecule has 3 aromatic rings. The largest absolute Gasteiger partial charge is 0.532 e. The highest BCUT2D eigenvalue weighted by atomic mass is 127. The van der Waals surface area contributed by atoms with E-state index in [1.54, 1.807) is 36.1 Å². The van der Waals surface area contributed by atoms with Crippen LogP contribution in [-0.4, -0.2) is 48.1 Å². The van der Waals surface area contributed by atoms with Gasteiger partial charge >= 0.3 is 45.5 Å². The molecule has 0 aliphatic heterocycles. The van der Waals surface area contributed by atoms with Gasteiger partial charge in [-0.25, -0.2) is 22.2 Å². The van der Waals surface area contributed by atoms with Crippen LogP contribution in [0.2, 0.25) is 0 Å². The highest BCUT2D eigenvalue weighted by molar-refractivity contribution is 6.08. The average molecular weight is 589 g/mol. The minimum Gasteiger partial charge on any atom is -0.478 e. The van der Waals surface area contributed by atoms with E-state index in [0.717, 1.165) is 0 Å². The Bertz CT molecular complexity index is 1290. The molecule has 3 aromatic carbocycles. The molecule has 0 unspecified atom stereocenters. The van der Waals surface area contributed by atoms with Crippen molar-refractivity contribution in [3.05, 3.63) is 82.4 Å². The Labute approximate surface area is 212 Å². The first-order valence-electron chi connectivity index (χ1n) is 10.2. The van der Waals surface area contributed by atoms with E-state index >= 15 is 0 Å². The van der Waals surface area contributed by atoms with Crippen molar-refractivity contribution >= 4 is 23.9 Å². The number of carboxylic acid groups (broad SMARTS) is 1. The van der Waals surface area contributed by atoms with Crippen LogP contribution in [0.4, 0.5) is 0 Å². The highest BCUT2D eigenvalue weighted by Crippen LogP contribution is 2.38. The second kappa shape index (κ2) is 11.1. The number of aromatic carboxylic acids is 1. The number of hydrogen-bond acceptors (Lipinski definition) is 7. The van der Waals surface area contributed by atoms with Gasteiger partial charge in [-0.05, 0) is 59.5 Å². The first-order valence-corrected chi connectivity index (χ1v) is 13.3. The summed E-state index contributed by atoms with van der Waals surface area (Å²) >= 11 is -0.819. The number of carbonyl (C=O) groups excluding carboxylic acids is 3. The fraction of sp³-hybridized carbons (Fsp3) is 0.154. The first-order chi connectivity index (χ1) is 16.7. The van der Waals surface area contributed by atoms with Gasteiger partial charge in [-0.1, -0.05) is 24.3 Å². The van der Waals surface area contributed by atoms with Crippen molar-refractivity contribution in [1.82, 2.24) is 0 Å². The van der Waals surface area contributed by atoms with Gasteiger partial charge in [0, 0.05) is 5.56 Å². The molecule has 0 amide bonds. The van der Waals surface area contributed by atoms with Crippen molar-refractivity contribution in [2.75, 3.05) is 19.2 Å². The molecule has 0 aliphatic rings. The van der Waals surface area contributed by atoms with Gasteiger partial charge in [-0.15, -0.1) is 0 Å². The number of alkyl halides is 1. The van der Waals surface area contributed by atoms with Crippen LogP contribution in [0, 0.1) is 6.92 Å².